The molecule has 0 fully saturated rings. The number of benzene rings is 1. The number of methoxy groups -OCH3 is 2. The third kappa shape index (κ3) is 4.08. The van der Waals surface area contributed by atoms with Crippen LogP contribution >= 0.6 is 0 Å². The number of carbonyl (C=O) groups excluding carboxylic acids is 1. The highest BCUT2D eigenvalue weighted by Crippen LogP contribution is 2.27. The minimum absolute atomic E-state index is 0.0740. The maximum absolute atomic E-state index is 12.5. The molecule has 1 aromatic heterocycles. The third-order valence-corrected chi connectivity index (χ3v) is 4.18. The molecular formula is C19H24N4O5. The Bertz CT molecular complexity index is 1020. The normalized spacial score (nSPS) is 10.9. The number of nitrogen functional groups attached to an aromatic ring is 1. The van der Waals surface area contributed by atoms with Crippen molar-refractivity contribution in [1.82, 2.24) is 9.13 Å². The Morgan fingerprint density at radius 3 is 2.32 bits per heavy atom. The van der Waals surface area contributed by atoms with E-state index in [1.165, 1.54) is 24.9 Å². The number of rotatable bonds is 7. The number of nitrogens with one attached hydrogen (secondary N) is 1. The van der Waals surface area contributed by atoms with Crippen LogP contribution in [-0.2, 0) is 17.9 Å². The molecule has 2 rings (SSSR count). The van der Waals surface area contributed by atoms with Crippen LogP contribution in [0.5, 0.6) is 11.5 Å². The molecule has 0 aliphatic carbocycles. The number of amides is 1. The molecule has 0 atom stereocenters. The van der Waals surface area contributed by atoms with Gasteiger partial charge < -0.3 is 20.5 Å². The van der Waals surface area contributed by atoms with Gasteiger partial charge in [-0.15, -0.1) is 0 Å². The summed E-state index contributed by atoms with van der Waals surface area (Å²) >= 11 is 0. The number of anilines is 2. The van der Waals surface area contributed by atoms with Crippen LogP contribution in [0.15, 0.2) is 33.9 Å². The first-order valence-corrected chi connectivity index (χ1v) is 8.72. The molecule has 150 valence electrons. The van der Waals surface area contributed by atoms with E-state index in [0.29, 0.717) is 17.1 Å². The monoisotopic (exact) mass is 388 g/mol. The molecule has 1 amide bonds. The standard InChI is InChI=1S/C19H24N4O5/c1-5-22-17(20)16(18(25)23(6-2)19(22)26)21-15(24)10-8-12-7-9-13(27-3)14(11-12)28-4/h7-11H,5-6,20H2,1-4H3,(H,21,24)/b10-8-. The molecule has 0 aliphatic rings. The van der Waals surface area contributed by atoms with Crippen LogP contribution in [0.4, 0.5) is 11.5 Å². The van der Waals surface area contributed by atoms with Gasteiger partial charge in [-0.2, -0.15) is 0 Å². The molecule has 0 unspecified atom stereocenters. The Morgan fingerprint density at radius 1 is 1.11 bits per heavy atom. The molecule has 0 saturated heterocycles. The van der Waals surface area contributed by atoms with Crippen LogP contribution in [0.3, 0.4) is 0 Å². The maximum Gasteiger partial charge on any atom is 0.332 e. The van der Waals surface area contributed by atoms with Gasteiger partial charge in [0.2, 0.25) is 5.91 Å². The summed E-state index contributed by atoms with van der Waals surface area (Å²) in [4.78, 5) is 37.0. The van der Waals surface area contributed by atoms with Crippen LogP contribution < -0.4 is 31.8 Å². The molecule has 28 heavy (non-hydrogen) atoms. The van der Waals surface area contributed by atoms with E-state index in [2.05, 4.69) is 5.32 Å². The summed E-state index contributed by atoms with van der Waals surface area (Å²) in [6.45, 7) is 3.84. The van der Waals surface area contributed by atoms with Gasteiger partial charge in [0.1, 0.15) is 11.5 Å². The summed E-state index contributed by atoms with van der Waals surface area (Å²) in [6, 6.07) is 5.17. The number of nitrogens with two attached hydrogens (primary N) is 1. The van der Waals surface area contributed by atoms with Crippen molar-refractivity contribution in [2.75, 3.05) is 25.3 Å². The zero-order valence-electron chi connectivity index (χ0n) is 16.3. The molecule has 0 radical (unpaired) electrons. The van der Waals surface area contributed by atoms with Crippen molar-refractivity contribution in [3.63, 3.8) is 0 Å². The fourth-order valence-corrected chi connectivity index (χ4v) is 2.71. The average Bonchev–Trinajstić information content (AvgIpc) is 2.70. The van der Waals surface area contributed by atoms with Crippen molar-refractivity contribution in [1.29, 1.82) is 0 Å². The predicted octanol–water partition coefficient (Wildman–Crippen LogP) is 1.30. The van der Waals surface area contributed by atoms with Gasteiger partial charge in [0.25, 0.3) is 5.56 Å². The van der Waals surface area contributed by atoms with Gasteiger partial charge in [-0.3, -0.25) is 18.7 Å². The van der Waals surface area contributed by atoms with Gasteiger partial charge in [-0.25, -0.2) is 4.79 Å². The highest BCUT2D eigenvalue weighted by atomic mass is 16.5. The van der Waals surface area contributed by atoms with Gasteiger partial charge in [0.05, 0.1) is 14.2 Å². The van der Waals surface area contributed by atoms with Crippen LogP contribution in [0.1, 0.15) is 19.4 Å². The van der Waals surface area contributed by atoms with Gasteiger partial charge in [0.15, 0.2) is 11.5 Å². The second-order valence-electron chi connectivity index (χ2n) is 5.77. The number of hydrogen-bond acceptors (Lipinski definition) is 6. The summed E-state index contributed by atoms with van der Waals surface area (Å²) in [7, 11) is 3.05. The van der Waals surface area contributed by atoms with E-state index in [0.717, 1.165) is 4.57 Å². The highest BCUT2D eigenvalue weighted by Gasteiger charge is 2.16. The Labute approximate surface area is 162 Å². The Morgan fingerprint density at radius 2 is 1.75 bits per heavy atom. The quantitative estimate of drug-likeness (QED) is 0.691. The van der Waals surface area contributed by atoms with Crippen LogP contribution in [0, 0.1) is 0 Å². The molecule has 1 aromatic carbocycles. The van der Waals surface area contributed by atoms with Gasteiger partial charge >= 0.3 is 5.69 Å². The minimum Gasteiger partial charge on any atom is -0.493 e. The number of nitrogens with zero attached hydrogens (tertiary/aromatic N) is 2. The lowest BCUT2D eigenvalue weighted by atomic mass is 10.2. The topological polar surface area (TPSA) is 118 Å². The first-order chi connectivity index (χ1) is 13.4. The highest BCUT2D eigenvalue weighted by molar-refractivity contribution is 6.03. The number of carbonyl (C=O) groups is 1. The van der Waals surface area contributed by atoms with E-state index in [1.807, 2.05) is 0 Å². The van der Waals surface area contributed by atoms with E-state index in [-0.39, 0.29) is 24.6 Å². The van der Waals surface area contributed by atoms with Crippen molar-refractivity contribution in [3.8, 4) is 11.5 Å². The fraction of sp³-hybridized carbons (Fsp3) is 0.316. The molecule has 9 nitrogen and oxygen atoms in total. The number of hydrogen-bond donors (Lipinski definition) is 2. The summed E-state index contributed by atoms with van der Waals surface area (Å²) in [5, 5.41) is 2.48. The summed E-state index contributed by atoms with van der Waals surface area (Å²) in [5.41, 5.74) is 5.36. The minimum atomic E-state index is -0.637. The fourth-order valence-electron chi connectivity index (χ4n) is 2.71. The molecule has 1 heterocycles. The molecule has 2 aromatic rings. The lowest BCUT2D eigenvalue weighted by Gasteiger charge is -2.14. The zero-order valence-corrected chi connectivity index (χ0v) is 16.3. The average molecular weight is 388 g/mol. The van der Waals surface area contributed by atoms with Crippen molar-refractivity contribution < 1.29 is 14.3 Å². The van der Waals surface area contributed by atoms with E-state index < -0.39 is 17.2 Å². The van der Waals surface area contributed by atoms with Crippen molar-refractivity contribution in [2.24, 2.45) is 0 Å². The number of aromatic nitrogens is 2. The molecule has 0 spiro atoms. The zero-order chi connectivity index (χ0) is 20.8. The summed E-state index contributed by atoms with van der Waals surface area (Å²) in [5.74, 6) is 0.464. The van der Waals surface area contributed by atoms with Gasteiger partial charge in [-0.1, -0.05) is 6.07 Å². The SMILES string of the molecule is CCn1c(N)c(NC(=O)/C=C\c2ccc(OC)c(OC)c2)c(=O)n(CC)c1=O. The molecule has 0 saturated carbocycles. The second kappa shape index (κ2) is 8.94. The summed E-state index contributed by atoms with van der Waals surface area (Å²) < 4.78 is 12.6. The van der Waals surface area contributed by atoms with Crippen molar-refractivity contribution in [3.05, 3.63) is 50.7 Å². The third-order valence-electron chi connectivity index (χ3n) is 4.18. The van der Waals surface area contributed by atoms with Gasteiger partial charge in [0, 0.05) is 19.2 Å². The first-order valence-electron chi connectivity index (χ1n) is 8.72. The summed E-state index contributed by atoms with van der Waals surface area (Å²) in [6.07, 6.45) is 2.82. The van der Waals surface area contributed by atoms with Crippen molar-refractivity contribution in [2.45, 2.75) is 26.9 Å². The molecule has 3 N–H and O–H groups in total. The van der Waals surface area contributed by atoms with E-state index >= 15 is 0 Å². The Balaban J connectivity index is 2.32. The van der Waals surface area contributed by atoms with Crippen molar-refractivity contribution >= 4 is 23.5 Å². The first kappa shape index (κ1) is 20.8. The van der Waals surface area contributed by atoms with E-state index in [4.69, 9.17) is 15.2 Å². The Hall–Kier alpha value is -3.49. The van der Waals surface area contributed by atoms with Crippen LogP contribution in [-0.4, -0.2) is 29.3 Å². The molecular weight excluding hydrogens is 364 g/mol. The van der Waals surface area contributed by atoms with E-state index in [9.17, 15) is 14.4 Å². The second-order valence-corrected chi connectivity index (χ2v) is 5.77. The van der Waals surface area contributed by atoms with Gasteiger partial charge in [-0.05, 0) is 37.6 Å². The lowest BCUT2D eigenvalue weighted by molar-refractivity contribution is -0.111. The molecule has 0 aliphatic heterocycles. The molecule has 0 bridgehead atoms. The maximum atomic E-state index is 12.5. The smallest absolute Gasteiger partial charge is 0.332 e. The van der Waals surface area contributed by atoms with Crippen LogP contribution in [0.2, 0.25) is 0 Å². The van der Waals surface area contributed by atoms with Crippen LogP contribution in [0.25, 0.3) is 6.08 Å². The predicted molar refractivity (Wildman–Crippen MR) is 108 cm³/mol. The Kier molecular flexibility index (Phi) is 6.64. The largest absolute Gasteiger partial charge is 0.493 e. The molecule has 9 heteroatoms. The van der Waals surface area contributed by atoms with E-state index in [1.54, 1.807) is 38.1 Å². The number of ether oxygens (including phenoxy) is 2. The lowest BCUT2D eigenvalue weighted by Crippen LogP contribution is -2.42.